The minimum Gasteiger partial charge on any atom is -0.467 e. The van der Waals surface area contributed by atoms with Crippen molar-refractivity contribution in [3.05, 3.63) is 81.5 Å². The Morgan fingerprint density at radius 2 is 1.97 bits per heavy atom. The van der Waals surface area contributed by atoms with E-state index in [4.69, 9.17) is 16.3 Å². The molecule has 2 aliphatic rings. The van der Waals surface area contributed by atoms with Gasteiger partial charge in [0.15, 0.2) is 5.72 Å². The van der Waals surface area contributed by atoms with Crippen LogP contribution in [0.5, 0.6) is 5.75 Å². The van der Waals surface area contributed by atoms with Crippen LogP contribution in [0.2, 0.25) is 5.02 Å². The van der Waals surface area contributed by atoms with Gasteiger partial charge in [0, 0.05) is 22.7 Å². The number of hydrogen-bond acceptors (Lipinski definition) is 4. The van der Waals surface area contributed by atoms with Crippen LogP contribution in [-0.2, 0) is 0 Å². The van der Waals surface area contributed by atoms with Crippen LogP contribution in [0.1, 0.15) is 34.6 Å². The molecule has 146 valence electrons. The smallest absolute Gasteiger partial charge is 0.335 e. The Kier molecular flexibility index (Phi) is 4.15. The van der Waals surface area contributed by atoms with Crippen LogP contribution in [0, 0.1) is 0 Å². The van der Waals surface area contributed by atoms with E-state index >= 15 is 0 Å². The number of imide groups is 1. The first-order valence-corrected chi connectivity index (χ1v) is 10.5. The quantitative estimate of drug-likeness (QED) is 0.528. The molecule has 0 spiro atoms. The van der Waals surface area contributed by atoms with Crippen LogP contribution in [0.15, 0.2) is 66.0 Å². The van der Waals surface area contributed by atoms with Gasteiger partial charge in [0.1, 0.15) is 5.75 Å². The molecule has 2 aromatic carbocycles. The molecule has 5 nitrogen and oxygen atoms in total. The van der Waals surface area contributed by atoms with E-state index in [2.05, 4.69) is 0 Å². The van der Waals surface area contributed by atoms with E-state index in [9.17, 15) is 9.59 Å². The predicted molar refractivity (Wildman–Crippen MR) is 113 cm³/mol. The van der Waals surface area contributed by atoms with E-state index in [1.165, 1.54) is 16.2 Å². The molecule has 3 heterocycles. The van der Waals surface area contributed by atoms with Gasteiger partial charge in [0.2, 0.25) is 0 Å². The van der Waals surface area contributed by atoms with Gasteiger partial charge in [-0.1, -0.05) is 35.9 Å². The number of carbonyl (C=O) groups excluding carboxylic acids is 2. The molecule has 0 radical (unpaired) electrons. The predicted octanol–water partition coefficient (Wildman–Crippen LogP) is 5.72. The number of thiophene rings is 1. The van der Waals surface area contributed by atoms with Gasteiger partial charge < -0.3 is 4.74 Å². The van der Waals surface area contributed by atoms with Crippen molar-refractivity contribution in [3.63, 3.8) is 0 Å². The number of rotatable bonds is 2. The van der Waals surface area contributed by atoms with E-state index < -0.39 is 17.8 Å². The van der Waals surface area contributed by atoms with Gasteiger partial charge in [-0.25, -0.2) is 4.79 Å². The molecule has 2 bridgehead atoms. The molecule has 0 N–H and O–H groups in total. The number of halogens is 1. The summed E-state index contributed by atoms with van der Waals surface area (Å²) in [5.41, 5.74) is 0.511. The number of para-hydroxylation sites is 1. The minimum atomic E-state index is -0.920. The molecule has 5 rings (SSSR count). The first-order valence-electron chi connectivity index (χ1n) is 9.23. The monoisotopic (exact) mass is 424 g/mol. The lowest BCUT2D eigenvalue weighted by Gasteiger charge is -2.53. The third-order valence-electron chi connectivity index (χ3n) is 5.38. The zero-order valence-electron chi connectivity index (χ0n) is 15.5. The molecular weight excluding hydrogens is 408 g/mol. The third kappa shape index (κ3) is 2.82. The lowest BCUT2D eigenvalue weighted by molar-refractivity contribution is 0.00284. The van der Waals surface area contributed by atoms with E-state index in [-0.39, 0.29) is 5.91 Å². The maximum absolute atomic E-state index is 13.7. The lowest BCUT2D eigenvalue weighted by Crippen LogP contribution is -2.67. The van der Waals surface area contributed by atoms with Gasteiger partial charge in [0.25, 0.3) is 5.91 Å². The Labute approximate surface area is 177 Å². The molecule has 1 saturated heterocycles. The maximum atomic E-state index is 13.7. The number of carbonyl (C=O) groups is 2. The fourth-order valence-electron chi connectivity index (χ4n) is 4.14. The molecule has 0 saturated carbocycles. The second kappa shape index (κ2) is 6.61. The summed E-state index contributed by atoms with van der Waals surface area (Å²) in [6.07, 6.45) is 0.443. The average Bonchev–Trinajstić information content (AvgIpc) is 3.24. The van der Waals surface area contributed by atoms with Crippen molar-refractivity contribution in [2.75, 3.05) is 4.90 Å². The summed E-state index contributed by atoms with van der Waals surface area (Å²) >= 11 is 7.54. The summed E-state index contributed by atoms with van der Waals surface area (Å²) in [4.78, 5) is 30.5. The number of urea groups is 1. The molecule has 29 heavy (non-hydrogen) atoms. The van der Waals surface area contributed by atoms with Crippen molar-refractivity contribution in [1.29, 1.82) is 0 Å². The zero-order chi connectivity index (χ0) is 20.2. The number of nitrogens with zero attached hydrogens (tertiary/aromatic N) is 2. The van der Waals surface area contributed by atoms with Crippen molar-refractivity contribution < 1.29 is 14.3 Å². The van der Waals surface area contributed by atoms with E-state index in [0.717, 1.165) is 5.56 Å². The summed E-state index contributed by atoms with van der Waals surface area (Å²) in [5.74, 6) is 0.316. The average molecular weight is 425 g/mol. The first kappa shape index (κ1) is 18.2. The highest BCUT2D eigenvalue weighted by molar-refractivity contribution is 7.12. The molecular formula is C22H17ClN2O3S. The van der Waals surface area contributed by atoms with Crippen LogP contribution in [-0.4, -0.2) is 22.6 Å². The highest BCUT2D eigenvalue weighted by Crippen LogP contribution is 2.50. The van der Waals surface area contributed by atoms with Crippen molar-refractivity contribution in [2.24, 2.45) is 0 Å². The molecule has 2 aliphatic heterocycles. The third-order valence-corrected chi connectivity index (χ3v) is 6.47. The SMILES string of the molecule is C[C@@]12C[C@H](c3cc(Cl)ccc3O1)N(C(=O)c1cccs1)C(=O)N2c1ccccc1. The highest BCUT2D eigenvalue weighted by Gasteiger charge is 2.55. The highest BCUT2D eigenvalue weighted by atomic mass is 35.5. The van der Waals surface area contributed by atoms with Crippen molar-refractivity contribution in [1.82, 2.24) is 4.90 Å². The Morgan fingerprint density at radius 1 is 1.17 bits per heavy atom. The van der Waals surface area contributed by atoms with Crippen LogP contribution >= 0.6 is 22.9 Å². The van der Waals surface area contributed by atoms with Gasteiger partial charge in [-0.15, -0.1) is 11.3 Å². The van der Waals surface area contributed by atoms with Gasteiger partial charge in [-0.2, -0.15) is 0 Å². The van der Waals surface area contributed by atoms with Crippen LogP contribution in [0.3, 0.4) is 0 Å². The fraction of sp³-hybridized carbons (Fsp3) is 0.182. The van der Waals surface area contributed by atoms with Crippen LogP contribution in [0.25, 0.3) is 0 Å². The molecule has 1 aromatic heterocycles. The van der Waals surface area contributed by atoms with Crippen LogP contribution in [0.4, 0.5) is 10.5 Å². The standard InChI is InChI=1S/C22H17ClN2O3S/c1-22-13-17(16-12-14(23)9-10-18(16)28-22)24(20(26)19-8-5-11-29-19)21(27)25(22)15-6-3-2-4-7-15/h2-12,17H,13H2,1H3/t17-,22+/m1/s1. The van der Waals surface area contributed by atoms with Crippen molar-refractivity contribution >= 4 is 40.6 Å². The van der Waals surface area contributed by atoms with Gasteiger partial charge in [-0.05, 0) is 48.7 Å². The summed E-state index contributed by atoms with van der Waals surface area (Å²) in [6, 6.07) is 17.3. The first-order chi connectivity index (χ1) is 14.0. The second-order valence-corrected chi connectivity index (χ2v) is 8.67. The number of amides is 3. The Morgan fingerprint density at radius 3 is 2.69 bits per heavy atom. The normalized spacial score (nSPS) is 22.8. The molecule has 3 aromatic rings. The maximum Gasteiger partial charge on any atom is 0.335 e. The summed E-state index contributed by atoms with van der Waals surface area (Å²) in [6.45, 7) is 1.88. The summed E-state index contributed by atoms with van der Waals surface area (Å²) in [7, 11) is 0. The molecule has 3 amide bonds. The van der Waals surface area contributed by atoms with E-state index in [1.807, 2.05) is 42.6 Å². The van der Waals surface area contributed by atoms with Crippen molar-refractivity contribution in [2.45, 2.75) is 25.1 Å². The topological polar surface area (TPSA) is 49.9 Å². The second-order valence-electron chi connectivity index (χ2n) is 7.29. The number of hydrogen-bond donors (Lipinski definition) is 0. The lowest BCUT2D eigenvalue weighted by atomic mass is 9.88. The summed E-state index contributed by atoms with van der Waals surface area (Å²) < 4.78 is 6.31. The largest absolute Gasteiger partial charge is 0.467 e. The molecule has 2 atom stereocenters. The molecule has 1 fully saturated rings. The number of fused-ring (bicyclic) bond motifs is 4. The number of benzene rings is 2. The fourth-order valence-corrected chi connectivity index (χ4v) is 4.98. The van der Waals surface area contributed by atoms with E-state index in [0.29, 0.717) is 27.8 Å². The molecule has 0 aliphatic carbocycles. The van der Waals surface area contributed by atoms with Gasteiger partial charge in [0.05, 0.1) is 10.9 Å². The molecule has 0 unspecified atom stereocenters. The Hall–Kier alpha value is -2.83. The number of ether oxygens (including phenoxy) is 1. The zero-order valence-corrected chi connectivity index (χ0v) is 17.1. The van der Waals surface area contributed by atoms with Gasteiger partial charge in [-0.3, -0.25) is 14.6 Å². The summed E-state index contributed by atoms with van der Waals surface area (Å²) in [5, 5.41) is 2.37. The van der Waals surface area contributed by atoms with Crippen molar-refractivity contribution in [3.8, 4) is 5.75 Å². The number of anilines is 1. The Balaban J connectivity index is 1.70. The van der Waals surface area contributed by atoms with Gasteiger partial charge >= 0.3 is 6.03 Å². The molecule has 7 heteroatoms. The Bertz CT molecular complexity index is 1100. The van der Waals surface area contributed by atoms with Crippen LogP contribution < -0.4 is 9.64 Å². The van der Waals surface area contributed by atoms with E-state index in [1.54, 1.807) is 35.2 Å². The minimum absolute atomic E-state index is 0.314.